The molecule has 0 saturated carbocycles. The lowest BCUT2D eigenvalue weighted by atomic mass is 10.0. The van der Waals surface area contributed by atoms with Crippen LogP contribution < -0.4 is 10.6 Å². The molecule has 0 spiro atoms. The SMILES string of the molecule is CC(CNC(=O)NCC1CCOCC1)CC(=O)O. The number of aliphatic carboxylic acids is 1. The summed E-state index contributed by atoms with van der Waals surface area (Å²) in [7, 11) is 0. The molecule has 1 atom stereocenters. The minimum absolute atomic E-state index is 0.0590. The number of carbonyl (C=O) groups excluding carboxylic acids is 1. The number of carboxylic acid groups (broad SMARTS) is 1. The van der Waals surface area contributed by atoms with Crippen LogP contribution in [0.3, 0.4) is 0 Å². The number of carbonyl (C=O) groups is 2. The van der Waals surface area contributed by atoms with Gasteiger partial charge in [-0.25, -0.2) is 4.79 Å². The molecule has 1 saturated heterocycles. The van der Waals surface area contributed by atoms with E-state index in [1.165, 1.54) is 0 Å². The largest absolute Gasteiger partial charge is 0.481 e. The van der Waals surface area contributed by atoms with Crippen LogP contribution >= 0.6 is 0 Å². The predicted molar refractivity (Wildman–Crippen MR) is 66.4 cm³/mol. The minimum Gasteiger partial charge on any atom is -0.481 e. The van der Waals surface area contributed by atoms with Crippen molar-refractivity contribution in [3.8, 4) is 0 Å². The molecule has 6 nitrogen and oxygen atoms in total. The Labute approximate surface area is 107 Å². The smallest absolute Gasteiger partial charge is 0.314 e. The van der Waals surface area contributed by atoms with Crippen molar-refractivity contribution in [1.29, 1.82) is 0 Å². The lowest BCUT2D eigenvalue weighted by Crippen LogP contribution is -2.41. The number of nitrogens with one attached hydrogen (secondary N) is 2. The van der Waals surface area contributed by atoms with E-state index in [9.17, 15) is 9.59 Å². The van der Waals surface area contributed by atoms with E-state index in [-0.39, 0.29) is 18.4 Å². The van der Waals surface area contributed by atoms with Crippen molar-refractivity contribution in [3.63, 3.8) is 0 Å². The van der Waals surface area contributed by atoms with Crippen molar-refractivity contribution < 1.29 is 19.4 Å². The highest BCUT2D eigenvalue weighted by Crippen LogP contribution is 2.12. The van der Waals surface area contributed by atoms with Gasteiger partial charge < -0.3 is 20.5 Å². The van der Waals surface area contributed by atoms with Crippen LogP contribution in [-0.2, 0) is 9.53 Å². The molecule has 1 aliphatic heterocycles. The summed E-state index contributed by atoms with van der Waals surface area (Å²) in [5.74, 6) is -0.413. The van der Waals surface area contributed by atoms with Gasteiger partial charge in [0, 0.05) is 32.7 Å². The Morgan fingerprint density at radius 3 is 2.61 bits per heavy atom. The Bertz CT molecular complexity index is 277. The third kappa shape index (κ3) is 6.44. The van der Waals surface area contributed by atoms with Crippen molar-refractivity contribution in [2.45, 2.75) is 26.2 Å². The van der Waals surface area contributed by atoms with E-state index >= 15 is 0 Å². The topological polar surface area (TPSA) is 87.7 Å². The molecule has 0 bridgehead atoms. The number of ether oxygens (including phenoxy) is 1. The maximum absolute atomic E-state index is 11.5. The molecule has 0 aromatic rings. The summed E-state index contributed by atoms with van der Waals surface area (Å²) in [6.45, 7) is 4.37. The molecule has 1 heterocycles. The molecule has 0 aromatic heterocycles. The van der Waals surface area contributed by atoms with E-state index in [1.807, 2.05) is 0 Å². The number of hydrogen-bond donors (Lipinski definition) is 3. The average Bonchev–Trinajstić information content (AvgIpc) is 2.34. The van der Waals surface area contributed by atoms with Crippen LogP contribution in [-0.4, -0.2) is 43.4 Å². The van der Waals surface area contributed by atoms with Gasteiger partial charge in [0.25, 0.3) is 0 Å². The normalized spacial score (nSPS) is 18.1. The minimum atomic E-state index is -0.841. The van der Waals surface area contributed by atoms with Crippen LogP contribution in [0.15, 0.2) is 0 Å². The molecule has 1 aliphatic rings. The molecule has 3 N–H and O–H groups in total. The zero-order valence-corrected chi connectivity index (χ0v) is 10.8. The van der Waals surface area contributed by atoms with E-state index in [1.54, 1.807) is 6.92 Å². The summed E-state index contributed by atoms with van der Waals surface area (Å²) in [6, 6.07) is -0.223. The first-order valence-electron chi connectivity index (χ1n) is 6.39. The number of urea groups is 1. The van der Waals surface area contributed by atoms with Gasteiger partial charge >= 0.3 is 12.0 Å². The fourth-order valence-electron chi connectivity index (χ4n) is 1.89. The van der Waals surface area contributed by atoms with Gasteiger partial charge in [0.1, 0.15) is 0 Å². The van der Waals surface area contributed by atoms with Crippen molar-refractivity contribution in [3.05, 3.63) is 0 Å². The van der Waals surface area contributed by atoms with Crippen LogP contribution in [0.5, 0.6) is 0 Å². The molecule has 0 aliphatic carbocycles. The number of carboxylic acids is 1. The monoisotopic (exact) mass is 258 g/mol. The maximum Gasteiger partial charge on any atom is 0.314 e. The first-order valence-corrected chi connectivity index (χ1v) is 6.39. The zero-order chi connectivity index (χ0) is 13.4. The Kier molecular flexibility index (Phi) is 6.49. The van der Waals surface area contributed by atoms with Crippen LogP contribution in [0.25, 0.3) is 0 Å². The van der Waals surface area contributed by atoms with Crippen molar-refractivity contribution >= 4 is 12.0 Å². The molecule has 2 amide bonds. The molecule has 1 rings (SSSR count). The van der Waals surface area contributed by atoms with E-state index in [0.717, 1.165) is 26.1 Å². The van der Waals surface area contributed by atoms with E-state index in [0.29, 0.717) is 19.0 Å². The van der Waals surface area contributed by atoms with Gasteiger partial charge in [-0.3, -0.25) is 4.79 Å². The summed E-state index contributed by atoms with van der Waals surface area (Å²) < 4.78 is 5.24. The Morgan fingerprint density at radius 1 is 1.33 bits per heavy atom. The summed E-state index contributed by atoms with van der Waals surface area (Å²) in [5, 5.41) is 14.1. The van der Waals surface area contributed by atoms with Gasteiger partial charge in [0.15, 0.2) is 0 Å². The molecule has 0 radical (unpaired) electrons. The zero-order valence-electron chi connectivity index (χ0n) is 10.8. The van der Waals surface area contributed by atoms with E-state index in [2.05, 4.69) is 10.6 Å². The maximum atomic E-state index is 11.5. The summed E-state index contributed by atoms with van der Waals surface area (Å²) in [5.41, 5.74) is 0. The summed E-state index contributed by atoms with van der Waals surface area (Å²) >= 11 is 0. The second kappa shape index (κ2) is 7.92. The first-order chi connectivity index (χ1) is 8.58. The van der Waals surface area contributed by atoms with Gasteiger partial charge in [-0.15, -0.1) is 0 Å². The molecule has 1 unspecified atom stereocenters. The standard InChI is InChI=1S/C12H22N2O4/c1-9(6-11(15)16)7-13-12(17)14-8-10-2-4-18-5-3-10/h9-10H,2-8H2,1H3,(H,15,16)(H2,13,14,17). The van der Waals surface area contributed by atoms with Crippen molar-refractivity contribution in [1.82, 2.24) is 10.6 Å². The summed E-state index contributed by atoms with van der Waals surface area (Å²) in [4.78, 5) is 21.9. The van der Waals surface area contributed by atoms with Gasteiger partial charge in [-0.05, 0) is 24.7 Å². The lowest BCUT2D eigenvalue weighted by molar-refractivity contribution is -0.137. The molecule has 104 valence electrons. The molecule has 1 fully saturated rings. The first kappa shape index (κ1) is 14.8. The second-order valence-electron chi connectivity index (χ2n) is 4.85. The van der Waals surface area contributed by atoms with E-state index < -0.39 is 5.97 Å². The molecule has 6 heteroatoms. The van der Waals surface area contributed by atoms with E-state index in [4.69, 9.17) is 9.84 Å². The molecular formula is C12H22N2O4. The van der Waals surface area contributed by atoms with Gasteiger partial charge in [-0.2, -0.15) is 0 Å². The number of rotatable bonds is 6. The number of amides is 2. The third-order valence-electron chi connectivity index (χ3n) is 3.03. The Hall–Kier alpha value is -1.30. The highest BCUT2D eigenvalue weighted by molar-refractivity contribution is 5.74. The molecule has 18 heavy (non-hydrogen) atoms. The lowest BCUT2D eigenvalue weighted by Gasteiger charge is -2.22. The van der Waals surface area contributed by atoms with Crippen LogP contribution in [0.2, 0.25) is 0 Å². The third-order valence-corrected chi connectivity index (χ3v) is 3.03. The number of hydrogen-bond acceptors (Lipinski definition) is 3. The Balaban J connectivity index is 2.07. The fraction of sp³-hybridized carbons (Fsp3) is 0.833. The van der Waals surface area contributed by atoms with Crippen LogP contribution in [0.4, 0.5) is 4.79 Å². The van der Waals surface area contributed by atoms with Crippen molar-refractivity contribution in [2.24, 2.45) is 11.8 Å². The Morgan fingerprint density at radius 2 is 2.00 bits per heavy atom. The average molecular weight is 258 g/mol. The van der Waals surface area contributed by atoms with Crippen molar-refractivity contribution in [2.75, 3.05) is 26.3 Å². The van der Waals surface area contributed by atoms with Gasteiger partial charge in [0.05, 0.1) is 0 Å². The fourth-order valence-corrected chi connectivity index (χ4v) is 1.89. The van der Waals surface area contributed by atoms with Gasteiger partial charge in [0.2, 0.25) is 0 Å². The van der Waals surface area contributed by atoms with Crippen LogP contribution in [0, 0.1) is 11.8 Å². The second-order valence-corrected chi connectivity index (χ2v) is 4.85. The van der Waals surface area contributed by atoms with Crippen LogP contribution in [0.1, 0.15) is 26.2 Å². The predicted octanol–water partition coefficient (Wildman–Crippen LogP) is 0.823. The highest BCUT2D eigenvalue weighted by Gasteiger charge is 2.15. The molecular weight excluding hydrogens is 236 g/mol. The quantitative estimate of drug-likeness (QED) is 0.658. The van der Waals surface area contributed by atoms with Gasteiger partial charge in [-0.1, -0.05) is 6.92 Å². The highest BCUT2D eigenvalue weighted by atomic mass is 16.5. The molecule has 0 aromatic carbocycles. The summed E-state index contributed by atoms with van der Waals surface area (Å²) in [6.07, 6.45) is 2.03.